The number of ether oxygens (including phenoxy) is 2. The molecule has 0 spiro atoms. The van der Waals surface area contributed by atoms with Crippen LogP contribution in [0.5, 0.6) is 0 Å². The summed E-state index contributed by atoms with van der Waals surface area (Å²) in [5.41, 5.74) is 2.09. The Labute approximate surface area is 200 Å². The molecule has 2 N–H and O–H groups in total. The van der Waals surface area contributed by atoms with Crippen molar-refractivity contribution < 1.29 is 28.7 Å². The fourth-order valence-corrected chi connectivity index (χ4v) is 4.40. The van der Waals surface area contributed by atoms with Crippen LogP contribution < -0.4 is 10.6 Å². The van der Waals surface area contributed by atoms with Crippen molar-refractivity contribution in [2.24, 2.45) is 0 Å². The van der Waals surface area contributed by atoms with E-state index in [4.69, 9.17) is 9.47 Å². The Hall–Kier alpha value is -3.79. The number of anilines is 1. The largest absolute Gasteiger partial charge is 0.462 e. The molecule has 2 aromatic heterocycles. The maximum absolute atomic E-state index is 12.4. The van der Waals surface area contributed by atoms with Gasteiger partial charge in [-0.05, 0) is 31.5 Å². The van der Waals surface area contributed by atoms with Crippen LogP contribution in [0.3, 0.4) is 0 Å². The molecule has 3 rings (SSSR count). The molecular weight excluding hydrogens is 458 g/mol. The van der Waals surface area contributed by atoms with E-state index < -0.39 is 24.5 Å². The van der Waals surface area contributed by atoms with E-state index in [1.54, 1.807) is 13.8 Å². The van der Waals surface area contributed by atoms with Gasteiger partial charge in [-0.25, -0.2) is 4.79 Å². The number of fused-ring (bicyclic) bond motifs is 1. The molecule has 2 amide bonds. The molecule has 34 heavy (non-hydrogen) atoms. The predicted octanol–water partition coefficient (Wildman–Crippen LogP) is 3.26. The fraction of sp³-hybridized carbons (Fsp3) is 0.292. The number of para-hydroxylation sites is 1. The monoisotopic (exact) mass is 483 g/mol. The summed E-state index contributed by atoms with van der Waals surface area (Å²) < 4.78 is 10.1. The first-order valence-electron chi connectivity index (χ1n) is 10.7. The van der Waals surface area contributed by atoms with Crippen LogP contribution in [0.4, 0.5) is 5.00 Å². The van der Waals surface area contributed by atoms with E-state index in [0.717, 1.165) is 27.9 Å². The number of nitrogens with zero attached hydrogens (tertiary/aromatic N) is 1. The van der Waals surface area contributed by atoms with Crippen LogP contribution in [0.15, 0.2) is 36.4 Å². The number of pyridine rings is 1. The van der Waals surface area contributed by atoms with E-state index >= 15 is 0 Å². The summed E-state index contributed by atoms with van der Waals surface area (Å²) in [4.78, 5) is 53.8. The normalized spacial score (nSPS) is 10.6. The third kappa shape index (κ3) is 5.96. The lowest BCUT2D eigenvalue weighted by Crippen LogP contribution is -2.22. The molecule has 0 aliphatic heterocycles. The summed E-state index contributed by atoms with van der Waals surface area (Å²) in [6, 6.07) is 11.5. The summed E-state index contributed by atoms with van der Waals surface area (Å²) in [5, 5.41) is 6.22. The molecule has 10 heteroatoms. The van der Waals surface area contributed by atoms with Crippen molar-refractivity contribution >= 4 is 51.0 Å². The smallest absolute Gasteiger partial charge is 0.341 e. The molecule has 0 radical (unpaired) electrons. The van der Waals surface area contributed by atoms with Gasteiger partial charge in [-0.15, -0.1) is 11.3 Å². The second-order valence-electron chi connectivity index (χ2n) is 7.26. The third-order valence-electron chi connectivity index (χ3n) is 4.92. The molecule has 3 aromatic rings. The number of carbonyl (C=O) groups is 4. The molecule has 0 unspecified atom stereocenters. The molecule has 0 aliphatic carbocycles. The van der Waals surface area contributed by atoms with Crippen molar-refractivity contribution in [2.45, 2.75) is 26.7 Å². The standard InChI is InChI=1S/C24H25N3O6S/c1-4-32-24(31)20-14(2)21(22(30)25-3)34-23(20)27-18(28)13-33-19(29)12-11-16-10-9-15-7-5-6-8-17(15)26-16/h5-10H,4,11-13H2,1-3H3,(H,25,30)(H,27,28). The number of carbonyl (C=O) groups excluding carboxylic acids is 4. The fourth-order valence-electron chi connectivity index (χ4n) is 3.24. The number of rotatable bonds is 9. The van der Waals surface area contributed by atoms with Crippen LogP contribution in [-0.2, 0) is 25.5 Å². The quantitative estimate of drug-likeness (QED) is 0.448. The number of benzene rings is 1. The van der Waals surface area contributed by atoms with Crippen LogP contribution in [0.25, 0.3) is 10.9 Å². The third-order valence-corrected chi connectivity index (χ3v) is 6.12. The molecule has 0 bridgehead atoms. The van der Waals surface area contributed by atoms with Gasteiger partial charge in [-0.2, -0.15) is 0 Å². The number of hydrogen-bond acceptors (Lipinski definition) is 8. The lowest BCUT2D eigenvalue weighted by atomic mass is 10.1. The number of amides is 2. The van der Waals surface area contributed by atoms with Crippen molar-refractivity contribution in [1.82, 2.24) is 10.3 Å². The van der Waals surface area contributed by atoms with Gasteiger partial charge in [0.2, 0.25) is 0 Å². The maximum Gasteiger partial charge on any atom is 0.341 e. The van der Waals surface area contributed by atoms with Gasteiger partial charge in [0.15, 0.2) is 6.61 Å². The summed E-state index contributed by atoms with van der Waals surface area (Å²) in [7, 11) is 1.47. The van der Waals surface area contributed by atoms with Crippen LogP contribution >= 0.6 is 11.3 Å². The second kappa shape index (κ2) is 11.4. The van der Waals surface area contributed by atoms with E-state index in [1.807, 2.05) is 36.4 Å². The van der Waals surface area contributed by atoms with Crippen molar-refractivity contribution in [3.63, 3.8) is 0 Å². The highest BCUT2D eigenvalue weighted by molar-refractivity contribution is 7.18. The highest BCUT2D eigenvalue weighted by Crippen LogP contribution is 2.33. The maximum atomic E-state index is 12.4. The highest BCUT2D eigenvalue weighted by Gasteiger charge is 2.26. The van der Waals surface area contributed by atoms with Gasteiger partial charge in [0.1, 0.15) is 5.00 Å². The number of hydrogen-bond donors (Lipinski definition) is 2. The SMILES string of the molecule is CCOC(=O)c1c(NC(=O)COC(=O)CCc2ccc3ccccc3n2)sc(C(=O)NC)c1C. The van der Waals surface area contributed by atoms with E-state index in [1.165, 1.54) is 7.05 Å². The first kappa shape index (κ1) is 24.8. The zero-order chi connectivity index (χ0) is 24.7. The van der Waals surface area contributed by atoms with E-state index in [0.29, 0.717) is 12.0 Å². The van der Waals surface area contributed by atoms with Crippen LogP contribution in [-0.4, -0.2) is 49.0 Å². The molecule has 0 atom stereocenters. The molecule has 1 aromatic carbocycles. The van der Waals surface area contributed by atoms with Gasteiger partial charge in [-0.1, -0.05) is 24.3 Å². The predicted molar refractivity (Wildman–Crippen MR) is 128 cm³/mol. The van der Waals surface area contributed by atoms with Gasteiger partial charge >= 0.3 is 11.9 Å². The van der Waals surface area contributed by atoms with E-state index in [9.17, 15) is 19.2 Å². The average molecular weight is 484 g/mol. The number of nitrogens with one attached hydrogen (secondary N) is 2. The minimum absolute atomic E-state index is 0.0611. The van der Waals surface area contributed by atoms with Gasteiger partial charge in [0, 0.05) is 24.5 Å². The zero-order valence-corrected chi connectivity index (χ0v) is 19.9. The summed E-state index contributed by atoms with van der Waals surface area (Å²) in [5.74, 6) is -2.22. The lowest BCUT2D eigenvalue weighted by Gasteiger charge is -2.08. The van der Waals surface area contributed by atoms with E-state index in [2.05, 4.69) is 15.6 Å². The number of aromatic nitrogens is 1. The average Bonchev–Trinajstić information content (AvgIpc) is 3.16. The molecule has 9 nitrogen and oxygen atoms in total. The Balaban J connectivity index is 1.58. The Morgan fingerprint density at radius 2 is 1.82 bits per heavy atom. The topological polar surface area (TPSA) is 124 Å². The molecule has 0 aliphatic rings. The number of aryl methyl sites for hydroxylation is 1. The minimum Gasteiger partial charge on any atom is -0.462 e. The molecule has 178 valence electrons. The van der Waals surface area contributed by atoms with Crippen molar-refractivity contribution in [1.29, 1.82) is 0 Å². The van der Waals surface area contributed by atoms with Crippen molar-refractivity contribution in [2.75, 3.05) is 25.6 Å². The molecule has 2 heterocycles. The molecule has 0 saturated heterocycles. The van der Waals surface area contributed by atoms with Crippen LogP contribution in [0.2, 0.25) is 0 Å². The molecule has 0 fully saturated rings. The van der Waals surface area contributed by atoms with Crippen molar-refractivity contribution in [3.8, 4) is 0 Å². The van der Waals surface area contributed by atoms with Crippen molar-refractivity contribution in [3.05, 3.63) is 58.1 Å². The van der Waals surface area contributed by atoms with Gasteiger partial charge in [-0.3, -0.25) is 19.4 Å². The minimum atomic E-state index is -0.651. The second-order valence-corrected chi connectivity index (χ2v) is 8.28. The summed E-state index contributed by atoms with van der Waals surface area (Å²) in [6.07, 6.45) is 0.434. The Bertz CT molecular complexity index is 1240. The zero-order valence-electron chi connectivity index (χ0n) is 19.1. The lowest BCUT2D eigenvalue weighted by molar-refractivity contribution is -0.147. The Morgan fingerprint density at radius 3 is 2.56 bits per heavy atom. The van der Waals surface area contributed by atoms with Crippen LogP contribution in [0.1, 0.15) is 44.6 Å². The Morgan fingerprint density at radius 1 is 1.06 bits per heavy atom. The summed E-state index contributed by atoms with van der Waals surface area (Å²) >= 11 is 0.950. The van der Waals surface area contributed by atoms with Gasteiger partial charge in [0.05, 0.1) is 29.0 Å². The van der Waals surface area contributed by atoms with Crippen LogP contribution in [0, 0.1) is 6.92 Å². The molecule has 0 saturated carbocycles. The van der Waals surface area contributed by atoms with Gasteiger partial charge in [0.25, 0.3) is 11.8 Å². The Kier molecular flexibility index (Phi) is 8.31. The molecular formula is C24H25N3O6S. The number of thiophene rings is 1. The van der Waals surface area contributed by atoms with Gasteiger partial charge < -0.3 is 20.1 Å². The highest BCUT2D eigenvalue weighted by atomic mass is 32.1. The first-order chi connectivity index (χ1) is 16.3. The number of esters is 2. The van der Waals surface area contributed by atoms with E-state index in [-0.39, 0.29) is 34.4 Å². The summed E-state index contributed by atoms with van der Waals surface area (Å²) in [6.45, 7) is 2.87. The first-order valence-corrected chi connectivity index (χ1v) is 11.5.